The zero-order valence-corrected chi connectivity index (χ0v) is 13.0. The molecule has 0 atom stereocenters. The molecule has 7 nitrogen and oxygen atoms in total. The molecule has 0 unspecified atom stereocenters. The third kappa shape index (κ3) is 3.95. The van der Waals surface area contributed by atoms with Gasteiger partial charge in [0.05, 0.1) is 30.4 Å². The van der Waals surface area contributed by atoms with Crippen LogP contribution in [0.3, 0.4) is 0 Å². The van der Waals surface area contributed by atoms with E-state index in [2.05, 4.69) is 0 Å². The van der Waals surface area contributed by atoms with Crippen molar-refractivity contribution >= 4 is 31.1 Å². The lowest BCUT2D eigenvalue weighted by atomic mass is 9.79. The third-order valence-electron chi connectivity index (χ3n) is 3.99. The highest BCUT2D eigenvalue weighted by Crippen LogP contribution is 2.11. The van der Waals surface area contributed by atoms with Gasteiger partial charge >= 0.3 is 20.2 Å². The number of carbonyl (C=O) groups is 1. The van der Waals surface area contributed by atoms with Crippen LogP contribution in [0.15, 0.2) is 36.4 Å². The molecule has 0 fully saturated rings. The number of nitrogens with zero attached hydrogens (tertiary/aromatic N) is 1. The summed E-state index contributed by atoms with van der Waals surface area (Å²) in [5, 5.41) is 35.8. The van der Waals surface area contributed by atoms with Crippen molar-refractivity contribution < 1.29 is 30.7 Å². The first-order valence-electron chi connectivity index (χ1n) is 7.48. The average molecular weight is 356 g/mol. The lowest BCUT2D eigenvalue weighted by molar-refractivity contribution is 0.0697. The van der Waals surface area contributed by atoms with Gasteiger partial charge in [0, 0.05) is 1.43 Å². The Balaban J connectivity index is 0.000000252. The largest absolute Gasteiger partial charge is 0.491 e. The van der Waals surface area contributed by atoms with Crippen LogP contribution in [0.5, 0.6) is 0 Å². The molecule has 2 aromatic carbocycles. The normalized spacial score (nSPS) is 13.7. The van der Waals surface area contributed by atoms with E-state index in [9.17, 15) is 14.8 Å². The molecule has 2 heterocycles. The van der Waals surface area contributed by atoms with Crippen LogP contribution in [0, 0.1) is 11.3 Å². The number of benzene rings is 2. The summed E-state index contributed by atoms with van der Waals surface area (Å²) in [7, 11) is -1.83. The van der Waals surface area contributed by atoms with E-state index in [4.69, 9.17) is 19.7 Å². The second-order valence-electron chi connectivity index (χ2n) is 5.57. The van der Waals surface area contributed by atoms with Crippen molar-refractivity contribution in [1.82, 2.24) is 0 Å². The molecule has 2 aliphatic rings. The number of hydrogen-bond donors (Lipinski definition) is 3. The Kier molecular flexibility index (Phi) is 6.18. The van der Waals surface area contributed by atoms with E-state index in [0.29, 0.717) is 29.7 Å². The lowest BCUT2D eigenvalue weighted by Gasteiger charge is -1.99. The van der Waals surface area contributed by atoms with Crippen molar-refractivity contribution in [3.8, 4) is 6.07 Å². The molecule has 26 heavy (non-hydrogen) atoms. The molecule has 0 radical (unpaired) electrons. The highest BCUT2D eigenvalue weighted by Gasteiger charge is 2.28. The summed E-state index contributed by atoms with van der Waals surface area (Å²) < 4.78 is 9.89. The van der Waals surface area contributed by atoms with Gasteiger partial charge in [-0.25, -0.2) is 4.79 Å². The summed E-state index contributed by atoms with van der Waals surface area (Å²) in [5.41, 5.74) is 3.80. The third-order valence-corrected chi connectivity index (χ3v) is 3.99. The van der Waals surface area contributed by atoms with Gasteiger partial charge in [0.25, 0.3) is 0 Å². The Bertz CT molecular complexity index is 873. The summed E-state index contributed by atoms with van der Waals surface area (Å²) in [6, 6.07) is 11.8. The minimum Gasteiger partial charge on any atom is -0.478 e. The standard InChI is InChI=1S/C8H6BNO2.C8H7BO4.CH4.H2/c10-4-6-1-2-7-5-12-9(11)8(7)3-6;10-8(11)5-1-2-6-4-13-9(12)7(6)3-5;;/h1-3,11H,5H2;1-3,12H,4H2,(H,10,11);1H4;1H/i;;;1+1. The van der Waals surface area contributed by atoms with E-state index in [-0.39, 0.29) is 14.4 Å². The predicted octanol–water partition coefficient (Wildman–Crippen LogP) is 0.261. The van der Waals surface area contributed by atoms with Crippen LogP contribution in [0.1, 0.15) is 35.9 Å². The van der Waals surface area contributed by atoms with Crippen LogP contribution >= 0.6 is 0 Å². The summed E-state index contributed by atoms with van der Waals surface area (Å²) in [4.78, 5) is 10.6. The fraction of sp³-hybridized carbons (Fsp3) is 0.176. The predicted molar refractivity (Wildman–Crippen MR) is 98.2 cm³/mol. The smallest absolute Gasteiger partial charge is 0.478 e. The van der Waals surface area contributed by atoms with E-state index in [1.54, 1.807) is 18.2 Å². The minimum absolute atomic E-state index is 0. The summed E-state index contributed by atoms with van der Waals surface area (Å²) >= 11 is 0. The van der Waals surface area contributed by atoms with Crippen LogP contribution < -0.4 is 10.9 Å². The molecule has 0 bridgehead atoms. The Hall–Kier alpha value is -2.63. The molecule has 0 saturated carbocycles. The van der Waals surface area contributed by atoms with Gasteiger partial charge in [-0.15, -0.1) is 0 Å². The Morgan fingerprint density at radius 1 is 1.04 bits per heavy atom. The van der Waals surface area contributed by atoms with Crippen LogP contribution in [0.2, 0.25) is 0 Å². The Morgan fingerprint density at radius 2 is 1.58 bits per heavy atom. The number of nitriles is 1. The summed E-state index contributed by atoms with van der Waals surface area (Å²) in [5.74, 6) is -0.998. The van der Waals surface area contributed by atoms with Crippen molar-refractivity contribution in [2.24, 2.45) is 0 Å². The van der Waals surface area contributed by atoms with Gasteiger partial charge in [0.2, 0.25) is 0 Å². The minimum atomic E-state index is -0.998. The van der Waals surface area contributed by atoms with Gasteiger partial charge in [0.1, 0.15) is 0 Å². The number of carboxylic acids is 1. The van der Waals surface area contributed by atoms with Gasteiger partial charge in [0.15, 0.2) is 0 Å². The molecule has 0 amide bonds. The number of rotatable bonds is 1. The van der Waals surface area contributed by atoms with E-state index in [1.807, 2.05) is 12.1 Å². The molecule has 134 valence electrons. The average Bonchev–Trinajstić information content (AvgIpc) is 3.18. The van der Waals surface area contributed by atoms with Crippen molar-refractivity contribution in [3.05, 3.63) is 58.7 Å². The quantitative estimate of drug-likeness (QED) is 0.627. The van der Waals surface area contributed by atoms with Crippen molar-refractivity contribution in [1.29, 1.82) is 5.26 Å². The molecular formula is C17H19B2NO6. The fourth-order valence-corrected chi connectivity index (χ4v) is 2.63. The SMILES string of the molecule is C.N#Cc1ccc2c(c1)B(O)OC2.O=C(O)c1ccc2c(c1)B(O)OC2.[2HH]. The van der Waals surface area contributed by atoms with Gasteiger partial charge in [-0.05, 0) is 46.3 Å². The molecule has 9 heteroatoms. The van der Waals surface area contributed by atoms with Gasteiger partial charge in [-0.2, -0.15) is 5.26 Å². The fourth-order valence-electron chi connectivity index (χ4n) is 2.63. The highest BCUT2D eigenvalue weighted by atomic mass is 16.5. The molecule has 4 rings (SSSR count). The van der Waals surface area contributed by atoms with E-state index >= 15 is 0 Å². The van der Waals surface area contributed by atoms with Gasteiger partial charge in [-0.3, -0.25) is 0 Å². The number of fused-ring (bicyclic) bond motifs is 2. The summed E-state index contributed by atoms with van der Waals surface area (Å²) in [6.07, 6.45) is 0. The first-order chi connectivity index (χ1) is 12.0. The van der Waals surface area contributed by atoms with E-state index in [0.717, 1.165) is 11.1 Å². The molecular weight excluding hydrogens is 336 g/mol. The maximum absolute atomic E-state index is 10.6. The van der Waals surface area contributed by atoms with Gasteiger partial charge in [-0.1, -0.05) is 19.6 Å². The van der Waals surface area contributed by atoms with Crippen molar-refractivity contribution in [2.75, 3.05) is 0 Å². The van der Waals surface area contributed by atoms with Crippen LogP contribution in [0.4, 0.5) is 0 Å². The Labute approximate surface area is 153 Å². The first-order valence-corrected chi connectivity index (χ1v) is 7.48. The number of aromatic carboxylic acids is 1. The molecule has 3 N–H and O–H groups in total. The zero-order chi connectivity index (χ0) is 18.0. The number of hydrogen-bond acceptors (Lipinski definition) is 6. The maximum Gasteiger partial charge on any atom is 0.491 e. The summed E-state index contributed by atoms with van der Waals surface area (Å²) in [6.45, 7) is 0.776. The lowest BCUT2D eigenvalue weighted by Crippen LogP contribution is -2.28. The maximum atomic E-state index is 10.6. The zero-order valence-electron chi connectivity index (χ0n) is 13.0. The van der Waals surface area contributed by atoms with Crippen LogP contribution in [-0.2, 0) is 22.5 Å². The molecule has 0 aromatic heterocycles. The van der Waals surface area contributed by atoms with Crippen LogP contribution in [-0.4, -0.2) is 35.4 Å². The molecule has 0 saturated heterocycles. The first kappa shape index (κ1) is 19.7. The second kappa shape index (κ2) is 8.17. The number of carboxylic acid groups (broad SMARTS) is 1. The monoisotopic (exact) mass is 356 g/mol. The molecule has 2 aromatic rings. The van der Waals surface area contributed by atoms with Crippen molar-refractivity contribution in [2.45, 2.75) is 20.6 Å². The highest BCUT2D eigenvalue weighted by molar-refractivity contribution is 6.62. The van der Waals surface area contributed by atoms with E-state index in [1.165, 1.54) is 12.1 Å². The molecule has 2 aliphatic heterocycles. The van der Waals surface area contributed by atoms with Gasteiger partial charge < -0.3 is 24.5 Å². The second-order valence-corrected chi connectivity index (χ2v) is 5.57. The van der Waals surface area contributed by atoms with Crippen molar-refractivity contribution in [3.63, 3.8) is 0 Å². The molecule has 0 aliphatic carbocycles. The Morgan fingerprint density at radius 3 is 2.12 bits per heavy atom. The topological polar surface area (TPSA) is 120 Å². The van der Waals surface area contributed by atoms with E-state index < -0.39 is 20.2 Å². The molecule has 0 spiro atoms. The van der Waals surface area contributed by atoms with Crippen LogP contribution in [0.25, 0.3) is 0 Å².